The Morgan fingerprint density at radius 3 is 2.19 bits per heavy atom. The minimum Gasteiger partial charge on any atom is -0.489 e. The van der Waals surface area contributed by atoms with Crippen molar-refractivity contribution in [2.24, 2.45) is 0 Å². The number of aromatic nitrogens is 1. The Hall–Kier alpha value is -4.07. The lowest BCUT2D eigenvalue weighted by molar-refractivity contribution is -0.125. The summed E-state index contributed by atoms with van der Waals surface area (Å²) in [5.74, 6) is 0.0885. The van der Waals surface area contributed by atoms with E-state index in [-0.39, 0.29) is 0 Å². The summed E-state index contributed by atoms with van der Waals surface area (Å²) in [6.07, 6.45) is 3.23. The minimum atomic E-state index is -0.784. The molecule has 0 radical (unpaired) electrons. The molecule has 0 N–H and O–H groups in total. The summed E-state index contributed by atoms with van der Waals surface area (Å²) in [5, 5.41) is 0.648. The van der Waals surface area contributed by atoms with Gasteiger partial charge >= 0.3 is 12.2 Å². The van der Waals surface area contributed by atoms with Crippen molar-refractivity contribution in [2.75, 3.05) is 0 Å². The van der Waals surface area contributed by atoms with Crippen LogP contribution < -0.4 is 4.74 Å². The highest BCUT2D eigenvalue weighted by Gasteiger charge is 2.38. The van der Waals surface area contributed by atoms with E-state index >= 15 is 0 Å². The van der Waals surface area contributed by atoms with Gasteiger partial charge in [-0.15, -0.1) is 0 Å². The van der Waals surface area contributed by atoms with Crippen LogP contribution >= 0.6 is 0 Å². The van der Waals surface area contributed by atoms with E-state index in [4.69, 9.17) is 14.2 Å². The van der Waals surface area contributed by atoms with Crippen LogP contribution in [0.15, 0.2) is 66.9 Å². The maximum atomic E-state index is 13.1. The molecule has 0 aliphatic carbocycles. The number of hydrogen-bond acceptors (Lipinski definition) is 6. The van der Waals surface area contributed by atoms with Crippen LogP contribution in [-0.2, 0) is 20.9 Å². The third-order valence-electron chi connectivity index (χ3n) is 5.49. The average molecular weight is 505 g/mol. The zero-order chi connectivity index (χ0) is 27.0. The summed E-state index contributed by atoms with van der Waals surface area (Å²) in [4.78, 5) is 39.8. The van der Waals surface area contributed by atoms with Gasteiger partial charge in [0.25, 0.3) is 5.91 Å². The molecule has 0 bridgehead atoms. The summed E-state index contributed by atoms with van der Waals surface area (Å²) in [6.45, 7) is 10.9. The molecule has 8 nitrogen and oxygen atoms in total. The van der Waals surface area contributed by atoms with Crippen molar-refractivity contribution in [2.45, 2.75) is 65.4 Å². The second kappa shape index (κ2) is 9.76. The van der Waals surface area contributed by atoms with Crippen LogP contribution in [0.1, 0.15) is 58.7 Å². The Labute approximate surface area is 216 Å². The number of rotatable bonds is 4. The third-order valence-corrected chi connectivity index (χ3v) is 5.49. The van der Waals surface area contributed by atoms with E-state index in [1.54, 1.807) is 72.0 Å². The number of imide groups is 1. The Kier molecular flexibility index (Phi) is 6.86. The zero-order valence-electron chi connectivity index (χ0n) is 22.0. The van der Waals surface area contributed by atoms with Crippen LogP contribution in [-0.4, -0.2) is 38.8 Å². The first-order valence-corrected chi connectivity index (χ1v) is 12.1. The van der Waals surface area contributed by atoms with Gasteiger partial charge in [0.15, 0.2) is 0 Å². The Bertz CT molecular complexity index is 1360. The lowest BCUT2D eigenvalue weighted by atomic mass is 10.1. The standard InChI is InChI=1S/C29H32N2O6/c1-28(2,3)36-26(33)30-17-22(24-14-15-25(32)31(24)27(34)37-29(4,5)6)21-16-20(12-13-23(21)30)35-18-19-10-8-7-9-11-19/h7-17,24H,18H2,1-6H3. The summed E-state index contributed by atoms with van der Waals surface area (Å²) in [6, 6.07) is 14.3. The highest BCUT2D eigenvalue weighted by Crippen LogP contribution is 2.37. The normalized spacial score (nSPS) is 15.8. The first kappa shape index (κ1) is 26.0. The molecule has 2 amide bonds. The third kappa shape index (κ3) is 6.02. The van der Waals surface area contributed by atoms with Crippen molar-refractivity contribution in [3.8, 4) is 5.75 Å². The summed E-state index contributed by atoms with van der Waals surface area (Å²) >= 11 is 0. The molecule has 2 heterocycles. The van der Waals surface area contributed by atoms with Crippen LogP contribution in [0.25, 0.3) is 10.9 Å². The quantitative estimate of drug-likeness (QED) is 0.410. The summed E-state index contributed by atoms with van der Waals surface area (Å²) in [7, 11) is 0. The molecule has 2 aromatic carbocycles. The molecule has 1 aliphatic heterocycles. The largest absolute Gasteiger partial charge is 0.489 e. The number of benzene rings is 2. The molecule has 8 heteroatoms. The number of fused-ring (bicyclic) bond motifs is 1. The fourth-order valence-electron chi connectivity index (χ4n) is 4.00. The molecule has 37 heavy (non-hydrogen) atoms. The van der Waals surface area contributed by atoms with Crippen LogP contribution in [0.3, 0.4) is 0 Å². The van der Waals surface area contributed by atoms with E-state index in [0.717, 1.165) is 10.5 Å². The van der Waals surface area contributed by atoms with Gasteiger partial charge in [0.2, 0.25) is 0 Å². The number of hydrogen-bond donors (Lipinski definition) is 0. The topological polar surface area (TPSA) is 87.1 Å². The van der Waals surface area contributed by atoms with Gasteiger partial charge in [-0.1, -0.05) is 36.4 Å². The van der Waals surface area contributed by atoms with Gasteiger partial charge in [-0.2, -0.15) is 0 Å². The second-order valence-electron chi connectivity index (χ2n) is 10.9. The molecule has 0 spiro atoms. The van der Waals surface area contributed by atoms with Crippen molar-refractivity contribution in [3.63, 3.8) is 0 Å². The SMILES string of the molecule is CC(C)(C)OC(=O)N1C(=O)C=CC1c1cn(C(=O)OC(C)(C)C)c2ccc(OCc3ccccc3)cc12. The predicted molar refractivity (Wildman–Crippen MR) is 139 cm³/mol. The van der Waals surface area contributed by atoms with Crippen molar-refractivity contribution in [1.29, 1.82) is 0 Å². The Balaban J connectivity index is 1.76. The lowest BCUT2D eigenvalue weighted by Gasteiger charge is -2.27. The fourth-order valence-corrected chi connectivity index (χ4v) is 4.00. The minimum absolute atomic E-state index is 0.361. The second-order valence-corrected chi connectivity index (χ2v) is 10.9. The summed E-state index contributed by atoms with van der Waals surface area (Å²) in [5.41, 5.74) is 0.646. The molecule has 194 valence electrons. The van der Waals surface area contributed by atoms with Gasteiger partial charge in [0, 0.05) is 23.2 Å². The molecular weight excluding hydrogens is 472 g/mol. The molecular formula is C29H32N2O6. The van der Waals surface area contributed by atoms with E-state index in [9.17, 15) is 14.4 Å². The molecule has 0 saturated heterocycles. The first-order valence-electron chi connectivity index (χ1n) is 12.1. The van der Waals surface area contributed by atoms with Crippen LogP contribution in [0.4, 0.5) is 9.59 Å². The molecule has 4 rings (SSSR count). The average Bonchev–Trinajstić information content (AvgIpc) is 3.36. The molecule has 1 atom stereocenters. The first-order chi connectivity index (χ1) is 17.3. The lowest BCUT2D eigenvalue weighted by Crippen LogP contribution is -2.39. The maximum Gasteiger partial charge on any atom is 0.419 e. The Morgan fingerprint density at radius 1 is 0.892 bits per heavy atom. The molecule has 1 aliphatic rings. The van der Waals surface area contributed by atoms with E-state index in [0.29, 0.717) is 28.8 Å². The number of amides is 2. The molecule has 0 saturated carbocycles. The van der Waals surface area contributed by atoms with Crippen molar-refractivity contribution in [3.05, 3.63) is 78.0 Å². The number of nitrogens with zero attached hydrogens (tertiary/aromatic N) is 2. The van der Waals surface area contributed by atoms with Gasteiger partial charge in [0.05, 0.1) is 11.6 Å². The van der Waals surface area contributed by atoms with Crippen molar-refractivity contribution < 1.29 is 28.6 Å². The van der Waals surface area contributed by atoms with E-state index in [2.05, 4.69) is 0 Å². The van der Waals surface area contributed by atoms with E-state index < -0.39 is 35.3 Å². The predicted octanol–water partition coefficient (Wildman–Crippen LogP) is 6.38. The van der Waals surface area contributed by atoms with Crippen LogP contribution in [0, 0.1) is 0 Å². The number of carbonyl (C=O) groups excluding carboxylic acids is 3. The molecule has 1 aromatic heterocycles. The van der Waals surface area contributed by atoms with Crippen LogP contribution in [0.5, 0.6) is 5.75 Å². The van der Waals surface area contributed by atoms with Crippen LogP contribution in [0.2, 0.25) is 0 Å². The van der Waals surface area contributed by atoms with Crippen molar-refractivity contribution >= 4 is 29.0 Å². The van der Waals surface area contributed by atoms with Crippen molar-refractivity contribution in [1.82, 2.24) is 9.47 Å². The van der Waals surface area contributed by atoms with E-state index in [1.807, 2.05) is 30.3 Å². The highest BCUT2D eigenvalue weighted by molar-refractivity contribution is 6.03. The van der Waals surface area contributed by atoms with Gasteiger partial charge in [-0.25, -0.2) is 14.5 Å². The molecule has 0 fully saturated rings. The highest BCUT2D eigenvalue weighted by atomic mass is 16.6. The Morgan fingerprint density at radius 2 is 1.54 bits per heavy atom. The fraction of sp³-hybridized carbons (Fsp3) is 0.345. The number of carbonyl (C=O) groups is 3. The smallest absolute Gasteiger partial charge is 0.419 e. The van der Waals surface area contributed by atoms with Gasteiger partial charge in [-0.3, -0.25) is 9.36 Å². The van der Waals surface area contributed by atoms with E-state index in [1.165, 1.54) is 10.6 Å². The van der Waals surface area contributed by atoms with Gasteiger partial charge < -0.3 is 14.2 Å². The van der Waals surface area contributed by atoms with Gasteiger partial charge in [0.1, 0.15) is 23.6 Å². The zero-order valence-corrected chi connectivity index (χ0v) is 22.0. The monoisotopic (exact) mass is 504 g/mol. The maximum absolute atomic E-state index is 13.1. The summed E-state index contributed by atoms with van der Waals surface area (Å²) < 4.78 is 18.5. The van der Waals surface area contributed by atoms with Gasteiger partial charge in [-0.05, 0) is 65.3 Å². The molecule has 3 aromatic rings. The molecule has 1 unspecified atom stereocenters. The number of ether oxygens (including phenoxy) is 3.